The number of nitrogens with one attached hydrogen (secondary N) is 3. The number of thiazole rings is 1. The van der Waals surface area contributed by atoms with Crippen molar-refractivity contribution in [2.45, 2.75) is 135 Å². The number of amides is 4. The number of allylic oxidation sites excluding steroid dienone is 2. The van der Waals surface area contributed by atoms with Gasteiger partial charge in [-0.1, -0.05) is 52.7 Å². The van der Waals surface area contributed by atoms with Crippen LogP contribution in [0.2, 0.25) is 0 Å². The molecule has 3 saturated heterocycles. The van der Waals surface area contributed by atoms with Crippen LogP contribution in [0.4, 0.5) is 0 Å². The van der Waals surface area contributed by atoms with Crippen molar-refractivity contribution in [3.05, 3.63) is 58.4 Å². The molecule has 3 aromatic rings. The van der Waals surface area contributed by atoms with E-state index in [1.165, 1.54) is 21.2 Å². The van der Waals surface area contributed by atoms with Gasteiger partial charge < -0.3 is 34.5 Å². The fourth-order valence-electron chi connectivity index (χ4n) is 10.9. The zero-order valence-corrected chi connectivity index (χ0v) is 47.7. The Hall–Kier alpha value is -4.76. The minimum absolute atomic E-state index is 0.0310. The number of thiol groups is 1. The standard InChI is InChI=1S/C55H76N9O7PS2/c1-33(2)46(60(9)50(67)37-18-25-61(30-37)44(65)17-20-54(7,8)62-22-13-23-62)48(66)58-42-27-38-31-74-49(57-38)36-15-16-43-40(26-36)41(47(63(43)29-34(3)72)39-14-11-21-56-45(39)35(4)70-10)28-53(5,6)32-71-52(69)55(73)19-12-24-64(59-55)51(42)68/h11,14-16,26,31,33-35,37,42,46,56,59,73H,12-13,18-19,21-25,27-30,32,72H2,1-10H3,(H,58,66)/t34?,35?,37-,42?,46?,55+/m0/s1. The second-order valence-electron chi connectivity index (χ2n) is 22.6. The topological polar surface area (TPSA) is 171 Å². The van der Waals surface area contributed by atoms with Crippen LogP contribution in [-0.2, 0) is 52.8 Å². The van der Waals surface area contributed by atoms with Crippen LogP contribution < -0.4 is 16.1 Å². The maximum atomic E-state index is 14.9. The molecule has 6 bridgehead atoms. The first-order valence-electron chi connectivity index (χ1n) is 26.2. The number of carbonyl (C=O) groups is 5. The van der Waals surface area contributed by atoms with E-state index < -0.39 is 51.6 Å². The molecular formula is C55H76N9O7PS2. The highest BCUT2D eigenvalue weighted by Gasteiger charge is 2.45. The highest BCUT2D eigenvalue weighted by Crippen LogP contribution is 2.41. The van der Waals surface area contributed by atoms with Gasteiger partial charge in [0.15, 0.2) is 4.87 Å². The van der Waals surface area contributed by atoms with E-state index in [0.717, 1.165) is 70.1 Å². The maximum Gasteiger partial charge on any atom is 0.338 e. The molecule has 0 spiro atoms. The van der Waals surface area contributed by atoms with Gasteiger partial charge in [0.2, 0.25) is 11.8 Å². The number of ether oxygens (including phenoxy) is 2. The van der Waals surface area contributed by atoms with Crippen LogP contribution in [0.5, 0.6) is 0 Å². The number of likely N-dealkylation sites (N-methyl/N-ethyl adjacent to an activating group) is 1. The van der Waals surface area contributed by atoms with Gasteiger partial charge in [0.05, 0.1) is 35.6 Å². The van der Waals surface area contributed by atoms with E-state index in [4.69, 9.17) is 27.1 Å². The van der Waals surface area contributed by atoms with Crippen LogP contribution in [-0.4, -0.2) is 153 Å². The third kappa shape index (κ3) is 11.8. The lowest BCUT2D eigenvalue weighted by atomic mass is 9.84. The summed E-state index contributed by atoms with van der Waals surface area (Å²) in [6.07, 6.45) is 7.00. The van der Waals surface area contributed by atoms with Crippen LogP contribution >= 0.6 is 33.2 Å². The quantitative estimate of drug-likeness (QED) is 0.0810. The first-order valence-corrected chi connectivity index (χ1v) is 28.2. The number of likely N-dealkylation sites (tertiary alicyclic amines) is 2. The predicted molar refractivity (Wildman–Crippen MR) is 297 cm³/mol. The normalized spacial score (nSPS) is 23.8. The summed E-state index contributed by atoms with van der Waals surface area (Å²) in [4.78, 5) is 80.3. The molecule has 7 atom stereocenters. The molecule has 74 heavy (non-hydrogen) atoms. The van der Waals surface area contributed by atoms with Crippen LogP contribution in [0, 0.1) is 29.1 Å². The van der Waals surface area contributed by atoms with Gasteiger partial charge in [-0.3, -0.25) is 29.1 Å². The Morgan fingerprint density at radius 3 is 2.57 bits per heavy atom. The van der Waals surface area contributed by atoms with Crippen molar-refractivity contribution >= 4 is 79.3 Å². The SMILES string of the molecule is COC(C)C1=C(c2c3c4cc(ccc4n2CC(C)P)-c2nc(cs2)CC(NC(=O)C(C(C)C)N(C)C(=O)[C@H]2CCN(C(=O)C#CC(C)(C)N4CCC4)C2)C(=O)N2CCC[C@](S)(N2)C(=O)OCC(C)(C)C3)C=CCN1. The van der Waals surface area contributed by atoms with E-state index in [0.29, 0.717) is 44.5 Å². The Kier molecular flexibility index (Phi) is 16.8. The van der Waals surface area contributed by atoms with Crippen LogP contribution in [0.1, 0.15) is 98.0 Å². The molecule has 8 rings (SSSR count). The van der Waals surface area contributed by atoms with E-state index in [9.17, 15) is 24.0 Å². The summed E-state index contributed by atoms with van der Waals surface area (Å²) in [5, 5.41) is 11.7. The predicted octanol–water partition coefficient (Wildman–Crippen LogP) is 5.66. The second-order valence-corrected chi connectivity index (χ2v) is 25.3. The number of hydrogen-bond donors (Lipinski definition) is 4. The number of fused-ring (bicyclic) bond motifs is 6. The molecule has 4 amide bonds. The van der Waals surface area contributed by atoms with Crippen LogP contribution in [0.25, 0.3) is 27.0 Å². The van der Waals surface area contributed by atoms with Crippen LogP contribution in [0.3, 0.4) is 0 Å². The number of hydrazine groups is 1. The monoisotopic (exact) mass is 1070 g/mol. The molecule has 0 radical (unpaired) electrons. The minimum atomic E-state index is -1.54. The molecule has 5 unspecified atom stereocenters. The third-order valence-electron chi connectivity index (χ3n) is 15.2. The average molecular weight is 1070 g/mol. The Morgan fingerprint density at radius 2 is 1.88 bits per heavy atom. The van der Waals surface area contributed by atoms with Gasteiger partial charge in [-0.05, 0) is 94.1 Å². The Labute approximate surface area is 448 Å². The van der Waals surface area contributed by atoms with E-state index in [-0.39, 0.29) is 55.6 Å². The number of esters is 1. The molecule has 19 heteroatoms. The number of nitrogens with zero attached hydrogens (tertiary/aromatic N) is 6. The largest absolute Gasteiger partial charge is 0.463 e. The van der Waals surface area contributed by atoms with Crippen molar-refractivity contribution in [1.29, 1.82) is 0 Å². The van der Waals surface area contributed by atoms with E-state index in [1.807, 2.05) is 40.0 Å². The molecule has 7 heterocycles. The molecule has 3 fully saturated rings. The number of benzene rings is 1. The fourth-order valence-corrected chi connectivity index (χ4v) is 12.3. The first kappa shape index (κ1) is 55.5. The molecule has 5 aliphatic rings. The molecule has 0 saturated carbocycles. The summed E-state index contributed by atoms with van der Waals surface area (Å²) < 4.78 is 14.5. The lowest BCUT2D eigenvalue weighted by Gasteiger charge is -2.41. The van der Waals surface area contributed by atoms with Crippen molar-refractivity contribution in [2.75, 3.05) is 60.0 Å². The first-order chi connectivity index (χ1) is 35.0. The molecule has 400 valence electrons. The summed E-state index contributed by atoms with van der Waals surface area (Å²) >= 11 is 6.35. The molecule has 2 aromatic heterocycles. The van der Waals surface area contributed by atoms with Crippen molar-refractivity contribution in [3.8, 4) is 22.4 Å². The Bertz CT molecular complexity index is 2790. The molecule has 3 N–H and O–H groups in total. The second kappa shape index (κ2) is 22.4. The van der Waals surface area contributed by atoms with Crippen molar-refractivity contribution in [3.63, 3.8) is 0 Å². The summed E-state index contributed by atoms with van der Waals surface area (Å²) in [5.74, 6) is 2.94. The maximum absolute atomic E-state index is 14.9. The molecular weight excluding hydrogens is 994 g/mol. The van der Waals surface area contributed by atoms with Crippen LogP contribution in [0.15, 0.2) is 41.4 Å². The zero-order chi connectivity index (χ0) is 53.4. The van der Waals surface area contributed by atoms with Gasteiger partial charge in [0, 0.05) is 105 Å². The fraction of sp³-hybridized carbons (Fsp3) is 0.600. The van der Waals surface area contributed by atoms with E-state index in [1.54, 1.807) is 19.1 Å². The van der Waals surface area contributed by atoms with Gasteiger partial charge in [-0.2, -0.15) is 0 Å². The summed E-state index contributed by atoms with van der Waals surface area (Å²) in [5.41, 5.74) is 9.15. The van der Waals surface area contributed by atoms with Gasteiger partial charge >= 0.3 is 5.97 Å². The number of cyclic esters (lactones) is 1. The summed E-state index contributed by atoms with van der Waals surface area (Å²) in [7, 11) is 6.28. The Morgan fingerprint density at radius 1 is 1.12 bits per heavy atom. The van der Waals surface area contributed by atoms with Crippen molar-refractivity contribution in [1.82, 2.24) is 45.3 Å². The summed E-state index contributed by atoms with van der Waals surface area (Å²) in [6.45, 7) is 20.4. The third-order valence-corrected chi connectivity index (χ3v) is 16.8. The van der Waals surface area contributed by atoms with Gasteiger partial charge in [0.25, 0.3) is 11.8 Å². The lowest BCUT2D eigenvalue weighted by molar-refractivity contribution is -0.157. The molecule has 0 aliphatic carbocycles. The smallest absolute Gasteiger partial charge is 0.338 e. The molecule has 1 aromatic carbocycles. The molecule has 5 aliphatic heterocycles. The average Bonchev–Trinajstić information content (AvgIpc) is 4.09. The van der Waals surface area contributed by atoms with Crippen molar-refractivity contribution in [2.24, 2.45) is 17.3 Å². The van der Waals surface area contributed by atoms with Gasteiger partial charge in [-0.15, -0.1) is 33.2 Å². The number of aromatic nitrogens is 2. The van der Waals surface area contributed by atoms with Crippen molar-refractivity contribution < 1.29 is 33.4 Å². The van der Waals surface area contributed by atoms with Gasteiger partial charge in [-0.25, -0.2) is 15.2 Å². The number of methoxy groups -OCH3 is 1. The number of carbonyl (C=O) groups excluding carboxylic acids is 5. The summed E-state index contributed by atoms with van der Waals surface area (Å²) in [6, 6.07) is 4.34. The molecule has 16 nitrogen and oxygen atoms in total. The van der Waals surface area contributed by atoms with Gasteiger partial charge in [0.1, 0.15) is 17.1 Å². The highest BCUT2D eigenvalue weighted by molar-refractivity contribution is 7.82. The highest BCUT2D eigenvalue weighted by atomic mass is 32.1. The number of dihydropyridines is 1. The lowest BCUT2D eigenvalue weighted by Crippen LogP contribution is -2.65. The number of hydrogen-bond acceptors (Lipinski definition) is 13. The van der Waals surface area contributed by atoms with E-state index in [2.05, 4.69) is 97.7 Å². The Balaban J connectivity index is 1.12. The van der Waals surface area contributed by atoms with E-state index >= 15 is 0 Å². The zero-order valence-electron chi connectivity index (χ0n) is 44.8. The minimum Gasteiger partial charge on any atom is -0.463 e. The number of rotatable bonds is 11.